The monoisotopic (exact) mass is 343 g/mol. The maximum atomic E-state index is 13.6. The summed E-state index contributed by atoms with van der Waals surface area (Å²) < 4.78 is 13.6. The lowest BCUT2D eigenvalue weighted by Gasteiger charge is -2.21. The first kappa shape index (κ1) is 18.9. The minimum Gasteiger partial charge on any atom is -0.383 e. The van der Waals surface area contributed by atoms with E-state index in [-0.39, 0.29) is 11.7 Å². The van der Waals surface area contributed by atoms with Crippen LogP contribution in [0.15, 0.2) is 42.7 Å². The van der Waals surface area contributed by atoms with E-state index >= 15 is 0 Å². The summed E-state index contributed by atoms with van der Waals surface area (Å²) in [5, 5.41) is 3.22. The topological polar surface area (TPSA) is 45.2 Å². The number of halogens is 1. The average molecular weight is 343 g/mol. The number of benzene rings is 1. The number of anilines is 1. The SMILES string of the molecule is CCCN(CCC)C(=O)c1cncc(NCCc2ccccc2F)c1. The molecule has 2 aromatic rings. The van der Waals surface area contributed by atoms with Crippen molar-refractivity contribution in [1.82, 2.24) is 9.88 Å². The van der Waals surface area contributed by atoms with E-state index in [0.29, 0.717) is 24.1 Å². The fourth-order valence-electron chi connectivity index (χ4n) is 2.73. The second kappa shape index (κ2) is 9.77. The molecule has 0 aliphatic carbocycles. The minimum absolute atomic E-state index is 0.00829. The lowest BCUT2D eigenvalue weighted by atomic mass is 10.1. The van der Waals surface area contributed by atoms with Crippen LogP contribution in [0.4, 0.5) is 10.1 Å². The second-order valence-corrected chi connectivity index (χ2v) is 6.02. The number of pyridine rings is 1. The van der Waals surface area contributed by atoms with E-state index in [2.05, 4.69) is 24.1 Å². The molecule has 1 aromatic carbocycles. The molecule has 0 fully saturated rings. The van der Waals surface area contributed by atoms with Crippen molar-refractivity contribution in [2.75, 3.05) is 25.0 Å². The van der Waals surface area contributed by atoms with Crippen LogP contribution in [0, 0.1) is 5.82 Å². The Hall–Kier alpha value is -2.43. The van der Waals surface area contributed by atoms with Gasteiger partial charge in [-0.05, 0) is 37.0 Å². The molecule has 1 N–H and O–H groups in total. The van der Waals surface area contributed by atoms with Crippen molar-refractivity contribution in [3.05, 3.63) is 59.7 Å². The summed E-state index contributed by atoms with van der Waals surface area (Å²) in [5.41, 5.74) is 2.03. The molecule has 25 heavy (non-hydrogen) atoms. The van der Waals surface area contributed by atoms with Gasteiger partial charge < -0.3 is 10.2 Å². The molecule has 2 rings (SSSR count). The molecule has 134 valence electrons. The van der Waals surface area contributed by atoms with Crippen molar-refractivity contribution in [1.29, 1.82) is 0 Å². The summed E-state index contributed by atoms with van der Waals surface area (Å²) in [6.07, 6.45) is 5.72. The lowest BCUT2D eigenvalue weighted by molar-refractivity contribution is 0.0755. The Labute approximate surface area is 149 Å². The van der Waals surface area contributed by atoms with Crippen molar-refractivity contribution >= 4 is 11.6 Å². The first-order valence-electron chi connectivity index (χ1n) is 8.87. The smallest absolute Gasteiger partial charge is 0.255 e. The van der Waals surface area contributed by atoms with Gasteiger partial charge in [-0.2, -0.15) is 0 Å². The van der Waals surface area contributed by atoms with Crippen LogP contribution in [0.5, 0.6) is 0 Å². The van der Waals surface area contributed by atoms with Crippen LogP contribution in [0.2, 0.25) is 0 Å². The Morgan fingerprint density at radius 2 is 1.88 bits per heavy atom. The molecule has 0 saturated heterocycles. The highest BCUT2D eigenvalue weighted by Gasteiger charge is 2.15. The molecule has 0 aliphatic rings. The number of amides is 1. The van der Waals surface area contributed by atoms with Crippen LogP contribution in [-0.4, -0.2) is 35.4 Å². The van der Waals surface area contributed by atoms with Crippen LogP contribution in [-0.2, 0) is 6.42 Å². The third-order valence-corrected chi connectivity index (χ3v) is 3.94. The Bertz CT molecular complexity index is 684. The normalized spacial score (nSPS) is 10.5. The van der Waals surface area contributed by atoms with Gasteiger partial charge in [-0.25, -0.2) is 4.39 Å². The molecule has 1 heterocycles. The van der Waals surface area contributed by atoms with Crippen molar-refractivity contribution in [2.24, 2.45) is 0 Å². The van der Waals surface area contributed by atoms with Crippen LogP contribution in [0.1, 0.15) is 42.6 Å². The molecular formula is C20H26FN3O. The maximum Gasteiger partial charge on any atom is 0.255 e. The lowest BCUT2D eigenvalue weighted by Crippen LogP contribution is -2.32. The number of aromatic nitrogens is 1. The molecule has 0 aliphatic heterocycles. The molecule has 4 nitrogen and oxygen atoms in total. The zero-order chi connectivity index (χ0) is 18.1. The van der Waals surface area contributed by atoms with E-state index in [1.54, 1.807) is 24.5 Å². The minimum atomic E-state index is -0.193. The molecule has 0 bridgehead atoms. The van der Waals surface area contributed by atoms with Gasteiger partial charge in [0.1, 0.15) is 5.82 Å². The van der Waals surface area contributed by atoms with Crippen molar-refractivity contribution in [2.45, 2.75) is 33.1 Å². The van der Waals surface area contributed by atoms with Crippen LogP contribution < -0.4 is 5.32 Å². The van der Waals surface area contributed by atoms with Gasteiger partial charge in [-0.15, -0.1) is 0 Å². The zero-order valence-electron chi connectivity index (χ0n) is 15.0. The van der Waals surface area contributed by atoms with E-state index in [4.69, 9.17) is 0 Å². The second-order valence-electron chi connectivity index (χ2n) is 6.02. The first-order valence-corrected chi connectivity index (χ1v) is 8.87. The summed E-state index contributed by atoms with van der Waals surface area (Å²) in [6.45, 7) is 6.20. The maximum absolute atomic E-state index is 13.6. The summed E-state index contributed by atoms with van der Waals surface area (Å²) >= 11 is 0. The van der Waals surface area contributed by atoms with Crippen molar-refractivity contribution < 1.29 is 9.18 Å². The van der Waals surface area contributed by atoms with Gasteiger partial charge in [-0.3, -0.25) is 9.78 Å². The molecule has 0 radical (unpaired) electrons. The summed E-state index contributed by atoms with van der Waals surface area (Å²) in [5.74, 6) is -0.185. The molecule has 0 unspecified atom stereocenters. The summed E-state index contributed by atoms with van der Waals surface area (Å²) in [6, 6.07) is 8.57. The zero-order valence-corrected chi connectivity index (χ0v) is 15.0. The number of carbonyl (C=O) groups excluding carboxylic acids is 1. The largest absolute Gasteiger partial charge is 0.383 e. The van der Waals surface area contributed by atoms with Crippen LogP contribution in [0.25, 0.3) is 0 Å². The Morgan fingerprint density at radius 3 is 2.56 bits per heavy atom. The molecule has 1 amide bonds. The fraction of sp³-hybridized carbons (Fsp3) is 0.400. The van der Waals surface area contributed by atoms with Crippen LogP contribution in [0.3, 0.4) is 0 Å². The number of hydrogen-bond acceptors (Lipinski definition) is 3. The third kappa shape index (κ3) is 5.55. The summed E-state index contributed by atoms with van der Waals surface area (Å²) in [4.78, 5) is 18.7. The number of carbonyl (C=O) groups is 1. The van der Waals surface area contributed by atoms with E-state index < -0.39 is 0 Å². The fourth-order valence-corrected chi connectivity index (χ4v) is 2.73. The first-order chi connectivity index (χ1) is 12.2. The van der Waals surface area contributed by atoms with Gasteiger partial charge in [0, 0.05) is 32.0 Å². The van der Waals surface area contributed by atoms with Gasteiger partial charge in [0.15, 0.2) is 0 Å². The van der Waals surface area contributed by atoms with Gasteiger partial charge in [0.25, 0.3) is 5.91 Å². The van der Waals surface area contributed by atoms with Crippen molar-refractivity contribution in [3.63, 3.8) is 0 Å². The van der Waals surface area contributed by atoms with Gasteiger partial charge in [0.05, 0.1) is 11.3 Å². The Balaban J connectivity index is 1.98. The molecule has 1 aromatic heterocycles. The highest BCUT2D eigenvalue weighted by Crippen LogP contribution is 2.13. The third-order valence-electron chi connectivity index (χ3n) is 3.94. The number of rotatable bonds is 9. The average Bonchev–Trinajstić information content (AvgIpc) is 2.63. The molecule has 5 heteroatoms. The Kier molecular flexibility index (Phi) is 7.38. The summed E-state index contributed by atoms with van der Waals surface area (Å²) in [7, 11) is 0. The number of nitrogens with one attached hydrogen (secondary N) is 1. The molecular weight excluding hydrogens is 317 g/mol. The van der Waals surface area contributed by atoms with E-state index in [1.165, 1.54) is 6.07 Å². The molecule has 0 spiro atoms. The predicted molar refractivity (Wildman–Crippen MR) is 99.3 cm³/mol. The highest BCUT2D eigenvalue weighted by molar-refractivity contribution is 5.94. The van der Waals surface area contributed by atoms with Crippen LogP contribution >= 0.6 is 0 Å². The molecule has 0 atom stereocenters. The Morgan fingerprint density at radius 1 is 1.16 bits per heavy atom. The van der Waals surface area contributed by atoms with Gasteiger partial charge >= 0.3 is 0 Å². The number of nitrogens with zero attached hydrogens (tertiary/aromatic N) is 2. The number of hydrogen-bond donors (Lipinski definition) is 1. The van der Waals surface area contributed by atoms with Gasteiger partial charge in [0.2, 0.25) is 0 Å². The van der Waals surface area contributed by atoms with Gasteiger partial charge in [-0.1, -0.05) is 32.0 Å². The van der Waals surface area contributed by atoms with E-state index in [0.717, 1.165) is 31.6 Å². The predicted octanol–water partition coefficient (Wildman–Crippen LogP) is 4.14. The quantitative estimate of drug-likeness (QED) is 0.744. The standard InChI is InChI=1S/C20H26FN3O/c1-3-11-24(12-4-2)20(25)17-13-18(15-22-14-17)23-10-9-16-7-5-6-8-19(16)21/h5-8,13-15,23H,3-4,9-12H2,1-2H3. The van der Waals surface area contributed by atoms with Crippen molar-refractivity contribution in [3.8, 4) is 0 Å². The van der Waals surface area contributed by atoms with E-state index in [9.17, 15) is 9.18 Å². The molecule has 0 saturated carbocycles. The highest BCUT2D eigenvalue weighted by atomic mass is 19.1. The van der Waals surface area contributed by atoms with E-state index in [1.807, 2.05) is 17.0 Å².